The van der Waals surface area contributed by atoms with Crippen LogP contribution in [0.3, 0.4) is 0 Å². The molecule has 0 spiro atoms. The van der Waals surface area contributed by atoms with Crippen molar-refractivity contribution in [3.8, 4) is 0 Å². The van der Waals surface area contributed by atoms with Gasteiger partial charge in [0.05, 0.1) is 0 Å². The summed E-state index contributed by atoms with van der Waals surface area (Å²) >= 11 is 0. The van der Waals surface area contributed by atoms with Crippen LogP contribution in [-0.2, 0) is 12.8 Å². The lowest BCUT2D eigenvalue weighted by atomic mass is 10.1. The molecule has 10 heteroatoms. The zero-order valence-corrected chi connectivity index (χ0v) is 18.4. The Labute approximate surface area is 173 Å². The Hall–Kier alpha value is -2.82. The van der Waals surface area contributed by atoms with Gasteiger partial charge in [0.2, 0.25) is 0 Å². The normalized spacial score (nSPS) is 10.7. The van der Waals surface area contributed by atoms with Gasteiger partial charge < -0.3 is 38.6 Å². The quantitative estimate of drug-likeness (QED) is 0.379. The van der Waals surface area contributed by atoms with Crippen molar-refractivity contribution >= 4 is 23.2 Å². The van der Waals surface area contributed by atoms with Gasteiger partial charge in [-0.05, 0) is 57.6 Å². The summed E-state index contributed by atoms with van der Waals surface area (Å²) in [7, 11) is 9.76. The van der Waals surface area contributed by atoms with Crippen LogP contribution in [0, 0.1) is 0 Å². The van der Waals surface area contributed by atoms with Crippen LogP contribution < -0.4 is 38.6 Å². The van der Waals surface area contributed by atoms with Crippen LogP contribution in [0.2, 0.25) is 0 Å². The van der Waals surface area contributed by atoms with Gasteiger partial charge in [0.1, 0.15) is 5.56 Å². The van der Waals surface area contributed by atoms with Crippen LogP contribution in [0.4, 0.5) is 17.3 Å². The maximum absolute atomic E-state index is 12.8. The van der Waals surface area contributed by atoms with Gasteiger partial charge in [-0.3, -0.25) is 4.79 Å². The predicted molar refractivity (Wildman–Crippen MR) is 123 cm³/mol. The van der Waals surface area contributed by atoms with E-state index in [2.05, 4.69) is 49.7 Å². The van der Waals surface area contributed by atoms with E-state index in [1.165, 1.54) is 37.1 Å². The third-order valence-corrected chi connectivity index (χ3v) is 4.19. The van der Waals surface area contributed by atoms with Crippen LogP contribution in [0.15, 0.2) is 18.2 Å². The number of aryl methyl sites for hydroxylation is 1. The van der Waals surface area contributed by atoms with E-state index in [1.54, 1.807) is 21.1 Å². The van der Waals surface area contributed by atoms with E-state index in [1.807, 2.05) is 12.1 Å². The van der Waals surface area contributed by atoms with E-state index < -0.39 is 0 Å². The van der Waals surface area contributed by atoms with E-state index in [4.69, 9.17) is 0 Å². The minimum Gasteiger partial charge on any atom is -0.371 e. The number of carbonyl (C=O) groups excluding carboxylic acids is 1. The number of amides is 1. The summed E-state index contributed by atoms with van der Waals surface area (Å²) in [5.41, 5.74) is 20.4. The second-order valence-corrected chi connectivity index (χ2v) is 5.46. The maximum Gasteiger partial charge on any atom is 0.263 e. The molecule has 10 N–H and O–H groups in total. The summed E-state index contributed by atoms with van der Waals surface area (Å²) in [4.78, 5) is 14.4. The lowest BCUT2D eigenvalue weighted by Crippen LogP contribution is -2.18. The SMILES string of the molecule is CN.CN.CN.CNc1nn(NC)c(NC)c1C(=O)Nc1cccc2c1CCC2. The monoisotopic (exact) mass is 407 g/mol. The smallest absolute Gasteiger partial charge is 0.263 e. The molecule has 0 fully saturated rings. The fourth-order valence-electron chi connectivity index (χ4n) is 3.12. The molecule has 0 radical (unpaired) electrons. The largest absolute Gasteiger partial charge is 0.371 e. The molecule has 0 unspecified atom stereocenters. The number of fused-ring (bicyclic) bond motifs is 1. The number of nitrogens with zero attached hydrogens (tertiary/aromatic N) is 2. The highest BCUT2D eigenvalue weighted by Gasteiger charge is 2.24. The summed E-state index contributed by atoms with van der Waals surface area (Å²) in [5.74, 6) is 0.955. The first-order valence-corrected chi connectivity index (χ1v) is 9.51. The molecule has 0 saturated heterocycles. The molecule has 1 heterocycles. The zero-order chi connectivity index (χ0) is 22.4. The van der Waals surface area contributed by atoms with Crippen molar-refractivity contribution in [2.24, 2.45) is 17.2 Å². The lowest BCUT2D eigenvalue weighted by Gasteiger charge is -2.12. The van der Waals surface area contributed by atoms with Crippen molar-refractivity contribution in [2.45, 2.75) is 19.3 Å². The number of anilines is 3. The Kier molecular flexibility index (Phi) is 12.8. The van der Waals surface area contributed by atoms with Gasteiger partial charge in [-0.2, -0.15) is 4.79 Å². The number of hydrogen-bond donors (Lipinski definition) is 7. The van der Waals surface area contributed by atoms with Gasteiger partial charge in [0.15, 0.2) is 11.6 Å². The molecule has 1 amide bonds. The molecule has 1 aromatic carbocycles. The topological polar surface area (TPSA) is 161 Å². The molecule has 29 heavy (non-hydrogen) atoms. The van der Waals surface area contributed by atoms with Crippen LogP contribution in [-0.4, -0.2) is 58.1 Å². The van der Waals surface area contributed by atoms with E-state index >= 15 is 0 Å². The predicted octanol–water partition coefficient (Wildman–Crippen LogP) is 0.606. The third-order valence-electron chi connectivity index (χ3n) is 4.19. The Balaban J connectivity index is 0.00000120. The molecule has 1 aliphatic carbocycles. The second kappa shape index (κ2) is 14.2. The van der Waals surface area contributed by atoms with Crippen LogP contribution in [0.25, 0.3) is 0 Å². The molecule has 0 atom stereocenters. The number of nitrogens with one attached hydrogen (secondary N) is 4. The van der Waals surface area contributed by atoms with Crippen LogP contribution in [0.5, 0.6) is 0 Å². The van der Waals surface area contributed by atoms with Gasteiger partial charge in [0.25, 0.3) is 5.91 Å². The second-order valence-electron chi connectivity index (χ2n) is 5.46. The van der Waals surface area contributed by atoms with Crippen molar-refractivity contribution in [3.63, 3.8) is 0 Å². The standard InChI is InChI=1S/C16H22N6O.3CH5N/c1-17-14-13(15(18-2)22(19-3)21-14)16(23)20-12-9-5-7-10-6-4-8-11(10)12;3*1-2/h5,7,9,18-19H,4,6,8H2,1-3H3,(H,17,21)(H,20,23);3*2H2,1H3. The third kappa shape index (κ3) is 6.08. The molecule has 1 aliphatic rings. The highest BCUT2D eigenvalue weighted by atomic mass is 16.1. The van der Waals surface area contributed by atoms with E-state index in [0.29, 0.717) is 17.2 Å². The molecule has 0 bridgehead atoms. The van der Waals surface area contributed by atoms with E-state index in [0.717, 1.165) is 24.9 Å². The van der Waals surface area contributed by atoms with Gasteiger partial charge >= 0.3 is 0 Å². The molecule has 3 rings (SSSR count). The maximum atomic E-state index is 12.8. The number of nitrogens with two attached hydrogens (primary N) is 3. The van der Waals surface area contributed by atoms with Crippen molar-refractivity contribution < 1.29 is 4.79 Å². The first-order chi connectivity index (χ1) is 14.2. The summed E-state index contributed by atoms with van der Waals surface area (Å²) in [6.45, 7) is 0. The molecule has 10 nitrogen and oxygen atoms in total. The van der Waals surface area contributed by atoms with Gasteiger partial charge in [-0.1, -0.05) is 12.1 Å². The summed E-state index contributed by atoms with van der Waals surface area (Å²) in [6.07, 6.45) is 3.24. The van der Waals surface area contributed by atoms with Gasteiger partial charge in [-0.15, -0.1) is 5.10 Å². The summed E-state index contributed by atoms with van der Waals surface area (Å²) in [5, 5.41) is 13.4. The minimum absolute atomic E-state index is 0.180. The average molecular weight is 408 g/mol. The Morgan fingerprint density at radius 3 is 2.21 bits per heavy atom. The average Bonchev–Trinajstić information content (AvgIpc) is 3.42. The molecule has 1 aromatic heterocycles. The Morgan fingerprint density at radius 2 is 1.66 bits per heavy atom. The summed E-state index contributed by atoms with van der Waals surface area (Å²) in [6, 6.07) is 6.09. The molecular formula is C19H37N9O. The number of rotatable bonds is 5. The fraction of sp³-hybridized carbons (Fsp3) is 0.474. The highest BCUT2D eigenvalue weighted by Crippen LogP contribution is 2.30. The molecule has 164 valence electrons. The highest BCUT2D eigenvalue weighted by molar-refractivity contribution is 6.11. The van der Waals surface area contributed by atoms with Gasteiger partial charge in [-0.25, -0.2) is 0 Å². The van der Waals surface area contributed by atoms with Crippen LogP contribution in [0.1, 0.15) is 27.9 Å². The first-order valence-electron chi connectivity index (χ1n) is 9.51. The minimum atomic E-state index is -0.180. The van der Waals surface area contributed by atoms with E-state index in [-0.39, 0.29) is 5.91 Å². The van der Waals surface area contributed by atoms with Crippen molar-refractivity contribution in [2.75, 3.05) is 63.7 Å². The first kappa shape index (κ1) is 26.2. The van der Waals surface area contributed by atoms with E-state index in [9.17, 15) is 4.79 Å². The van der Waals surface area contributed by atoms with Crippen molar-refractivity contribution in [1.29, 1.82) is 0 Å². The molecule has 2 aromatic rings. The fourth-order valence-corrected chi connectivity index (χ4v) is 3.12. The number of aromatic nitrogens is 2. The molecule has 0 aliphatic heterocycles. The molecular weight excluding hydrogens is 370 g/mol. The lowest BCUT2D eigenvalue weighted by molar-refractivity contribution is 0.102. The zero-order valence-electron chi connectivity index (χ0n) is 18.4. The Bertz CT molecular complexity index is 744. The van der Waals surface area contributed by atoms with Gasteiger partial charge in [0, 0.05) is 26.8 Å². The number of carbonyl (C=O) groups is 1. The molecule has 0 saturated carbocycles. The van der Waals surface area contributed by atoms with Crippen molar-refractivity contribution in [3.05, 3.63) is 34.9 Å². The van der Waals surface area contributed by atoms with Crippen LogP contribution >= 0.6 is 0 Å². The number of hydrogen-bond acceptors (Lipinski definition) is 8. The van der Waals surface area contributed by atoms with Crippen molar-refractivity contribution in [1.82, 2.24) is 9.89 Å². The Morgan fingerprint density at radius 1 is 1.00 bits per heavy atom. The summed E-state index contributed by atoms with van der Waals surface area (Å²) < 4.78 is 0. The number of benzene rings is 1.